The molecule has 1 aromatic carbocycles. The molecule has 18 heavy (non-hydrogen) atoms. The zero-order valence-corrected chi connectivity index (χ0v) is 12.4. The summed E-state index contributed by atoms with van der Waals surface area (Å²) in [6.45, 7) is 3.85. The Morgan fingerprint density at radius 2 is 2.33 bits per heavy atom. The van der Waals surface area contributed by atoms with E-state index >= 15 is 0 Å². The van der Waals surface area contributed by atoms with Crippen molar-refractivity contribution in [3.63, 3.8) is 0 Å². The normalized spacial score (nSPS) is 27.7. The molecule has 1 aliphatic rings. The van der Waals surface area contributed by atoms with E-state index in [2.05, 4.69) is 28.2 Å². The van der Waals surface area contributed by atoms with E-state index < -0.39 is 0 Å². The summed E-state index contributed by atoms with van der Waals surface area (Å²) in [5.74, 6) is -0.205. The van der Waals surface area contributed by atoms with Gasteiger partial charge in [0.25, 0.3) is 0 Å². The number of benzene rings is 1. The quantitative estimate of drug-likeness (QED) is 0.921. The number of nitrogens with one attached hydrogen (secondary N) is 1. The third-order valence-corrected chi connectivity index (χ3v) is 4.65. The number of halogens is 2. The second-order valence-corrected chi connectivity index (χ2v) is 5.92. The highest BCUT2D eigenvalue weighted by atomic mass is 79.9. The van der Waals surface area contributed by atoms with Crippen LogP contribution in [-0.2, 0) is 11.2 Å². The molecule has 0 aliphatic carbocycles. The van der Waals surface area contributed by atoms with E-state index in [-0.39, 0.29) is 17.3 Å². The van der Waals surface area contributed by atoms with Crippen molar-refractivity contribution in [2.75, 3.05) is 20.2 Å². The Bertz CT molecular complexity index is 426. The first-order chi connectivity index (χ1) is 8.57. The minimum atomic E-state index is -0.205. The lowest BCUT2D eigenvalue weighted by molar-refractivity contribution is 0.0639. The van der Waals surface area contributed by atoms with Crippen LogP contribution in [0.1, 0.15) is 18.9 Å². The fraction of sp³-hybridized carbons (Fsp3) is 0.571. The van der Waals surface area contributed by atoms with Gasteiger partial charge in [0.2, 0.25) is 0 Å². The fourth-order valence-electron chi connectivity index (χ4n) is 2.74. The maximum absolute atomic E-state index is 13.1. The van der Waals surface area contributed by atoms with Crippen LogP contribution in [0, 0.1) is 11.2 Å². The minimum absolute atomic E-state index is 0.106. The maximum Gasteiger partial charge on any atom is 0.124 e. The molecule has 1 heterocycles. The molecule has 2 atom stereocenters. The van der Waals surface area contributed by atoms with Crippen molar-refractivity contribution in [3.05, 3.63) is 34.1 Å². The molecule has 1 N–H and O–H groups in total. The molecule has 1 saturated heterocycles. The summed E-state index contributed by atoms with van der Waals surface area (Å²) in [6.07, 6.45) is 2.16. The molecular weight excluding hydrogens is 297 g/mol. The zero-order chi connectivity index (χ0) is 13.2. The SMILES string of the molecule is CNCC1(Cc2ccc(F)cc2Br)CCOC1C. The number of hydrogen-bond acceptors (Lipinski definition) is 2. The Labute approximate surface area is 116 Å². The fourth-order valence-corrected chi connectivity index (χ4v) is 3.23. The Kier molecular flexibility index (Phi) is 4.41. The van der Waals surface area contributed by atoms with Crippen LogP contribution in [0.5, 0.6) is 0 Å². The lowest BCUT2D eigenvalue weighted by Crippen LogP contribution is -2.40. The molecule has 4 heteroatoms. The summed E-state index contributed by atoms with van der Waals surface area (Å²) >= 11 is 3.45. The largest absolute Gasteiger partial charge is 0.378 e. The van der Waals surface area contributed by atoms with E-state index in [9.17, 15) is 4.39 Å². The van der Waals surface area contributed by atoms with Gasteiger partial charge in [0.05, 0.1) is 6.10 Å². The highest BCUT2D eigenvalue weighted by Gasteiger charge is 2.41. The maximum atomic E-state index is 13.1. The smallest absolute Gasteiger partial charge is 0.124 e. The van der Waals surface area contributed by atoms with E-state index in [1.807, 2.05) is 13.1 Å². The average Bonchev–Trinajstić information content (AvgIpc) is 2.65. The van der Waals surface area contributed by atoms with Crippen LogP contribution in [0.3, 0.4) is 0 Å². The molecule has 2 unspecified atom stereocenters. The molecule has 0 radical (unpaired) electrons. The summed E-state index contributed by atoms with van der Waals surface area (Å²) < 4.78 is 19.7. The van der Waals surface area contributed by atoms with Gasteiger partial charge < -0.3 is 10.1 Å². The molecule has 100 valence electrons. The Morgan fingerprint density at radius 3 is 2.89 bits per heavy atom. The van der Waals surface area contributed by atoms with Crippen LogP contribution in [0.4, 0.5) is 4.39 Å². The van der Waals surface area contributed by atoms with Crippen molar-refractivity contribution in [2.45, 2.75) is 25.9 Å². The van der Waals surface area contributed by atoms with Crippen molar-refractivity contribution in [3.8, 4) is 0 Å². The second-order valence-electron chi connectivity index (χ2n) is 5.07. The van der Waals surface area contributed by atoms with Gasteiger partial charge in [0.15, 0.2) is 0 Å². The van der Waals surface area contributed by atoms with Crippen LogP contribution in [0.2, 0.25) is 0 Å². The third-order valence-electron chi connectivity index (χ3n) is 3.92. The minimum Gasteiger partial charge on any atom is -0.378 e. The van der Waals surface area contributed by atoms with Crippen molar-refractivity contribution in [1.29, 1.82) is 0 Å². The third kappa shape index (κ3) is 2.76. The topological polar surface area (TPSA) is 21.3 Å². The lowest BCUT2D eigenvalue weighted by Gasteiger charge is -2.32. The molecule has 0 bridgehead atoms. The first-order valence-electron chi connectivity index (χ1n) is 6.27. The van der Waals surface area contributed by atoms with Crippen LogP contribution >= 0.6 is 15.9 Å². The summed E-state index contributed by atoms with van der Waals surface area (Å²) in [7, 11) is 1.96. The summed E-state index contributed by atoms with van der Waals surface area (Å²) in [5.41, 5.74) is 1.25. The summed E-state index contributed by atoms with van der Waals surface area (Å²) in [5, 5.41) is 3.26. The van der Waals surface area contributed by atoms with Gasteiger partial charge in [-0.05, 0) is 44.5 Å². The standard InChI is InChI=1S/C14H19BrFNO/c1-10-14(9-17-2,5-6-18-10)8-11-3-4-12(16)7-13(11)15/h3-4,7,10,17H,5-6,8-9H2,1-2H3. The molecule has 1 aliphatic heterocycles. The van der Waals surface area contributed by atoms with E-state index in [0.29, 0.717) is 0 Å². The van der Waals surface area contributed by atoms with E-state index in [1.165, 1.54) is 12.1 Å². The van der Waals surface area contributed by atoms with Crippen LogP contribution in [-0.4, -0.2) is 26.3 Å². The summed E-state index contributed by atoms with van der Waals surface area (Å²) in [4.78, 5) is 0. The monoisotopic (exact) mass is 315 g/mol. The first-order valence-corrected chi connectivity index (χ1v) is 7.07. The van der Waals surface area contributed by atoms with Crippen LogP contribution in [0.25, 0.3) is 0 Å². The number of hydrogen-bond donors (Lipinski definition) is 1. The van der Waals surface area contributed by atoms with Crippen molar-refractivity contribution >= 4 is 15.9 Å². The van der Waals surface area contributed by atoms with Gasteiger partial charge in [-0.2, -0.15) is 0 Å². The number of ether oxygens (including phenoxy) is 1. The summed E-state index contributed by atoms with van der Waals surface area (Å²) in [6, 6.07) is 4.92. The molecule has 2 nitrogen and oxygen atoms in total. The van der Waals surface area contributed by atoms with E-state index in [0.717, 1.165) is 36.0 Å². The predicted molar refractivity (Wildman–Crippen MR) is 74.2 cm³/mol. The first kappa shape index (κ1) is 14.0. The molecule has 0 saturated carbocycles. The van der Waals surface area contributed by atoms with Crippen LogP contribution < -0.4 is 5.32 Å². The molecule has 1 aromatic rings. The highest BCUT2D eigenvalue weighted by Crippen LogP contribution is 2.39. The Balaban J connectivity index is 2.23. The number of rotatable bonds is 4. The van der Waals surface area contributed by atoms with Gasteiger partial charge in [-0.15, -0.1) is 0 Å². The Hall–Kier alpha value is -0.450. The molecular formula is C14H19BrFNO. The predicted octanol–water partition coefficient (Wildman–Crippen LogP) is 3.15. The highest BCUT2D eigenvalue weighted by molar-refractivity contribution is 9.10. The van der Waals surface area contributed by atoms with Crippen molar-refractivity contribution < 1.29 is 9.13 Å². The average molecular weight is 316 g/mol. The molecule has 1 fully saturated rings. The van der Waals surface area contributed by atoms with E-state index in [4.69, 9.17) is 4.74 Å². The molecule has 0 aromatic heterocycles. The second kappa shape index (κ2) is 5.68. The van der Waals surface area contributed by atoms with Gasteiger partial charge in [-0.3, -0.25) is 0 Å². The van der Waals surface area contributed by atoms with Crippen molar-refractivity contribution in [2.24, 2.45) is 5.41 Å². The zero-order valence-electron chi connectivity index (χ0n) is 10.8. The lowest BCUT2D eigenvalue weighted by atomic mass is 9.76. The van der Waals surface area contributed by atoms with Gasteiger partial charge >= 0.3 is 0 Å². The van der Waals surface area contributed by atoms with E-state index in [1.54, 1.807) is 0 Å². The van der Waals surface area contributed by atoms with Gasteiger partial charge in [-0.25, -0.2) is 4.39 Å². The van der Waals surface area contributed by atoms with Gasteiger partial charge in [-0.1, -0.05) is 22.0 Å². The molecule has 2 rings (SSSR count). The Morgan fingerprint density at radius 1 is 1.56 bits per heavy atom. The molecule has 0 spiro atoms. The molecule has 0 amide bonds. The van der Waals surface area contributed by atoms with Gasteiger partial charge in [0.1, 0.15) is 5.82 Å². The van der Waals surface area contributed by atoms with Crippen LogP contribution in [0.15, 0.2) is 22.7 Å². The van der Waals surface area contributed by atoms with Crippen molar-refractivity contribution in [1.82, 2.24) is 5.32 Å². The van der Waals surface area contributed by atoms with Gasteiger partial charge in [0, 0.05) is 23.0 Å².